The van der Waals surface area contributed by atoms with E-state index in [0.29, 0.717) is 12.3 Å². The van der Waals surface area contributed by atoms with Crippen molar-refractivity contribution >= 4 is 0 Å². The number of aromatic hydroxyl groups is 1. The van der Waals surface area contributed by atoms with Crippen LogP contribution in [0, 0.1) is 5.92 Å². The Morgan fingerprint density at radius 2 is 1.71 bits per heavy atom. The van der Waals surface area contributed by atoms with Crippen molar-refractivity contribution in [2.24, 2.45) is 5.92 Å². The molecule has 0 aliphatic heterocycles. The number of aliphatic hydroxyl groups is 2. The molecule has 2 atom stereocenters. The molecule has 1 saturated carbocycles. The highest BCUT2D eigenvalue weighted by Gasteiger charge is 2.27. The first-order valence-corrected chi connectivity index (χ1v) is 6.29. The molecular formula is C14H20O3. The lowest BCUT2D eigenvalue weighted by atomic mass is 10.0. The molecule has 1 aromatic rings. The van der Waals surface area contributed by atoms with Crippen molar-refractivity contribution in [3.05, 3.63) is 29.8 Å². The monoisotopic (exact) mass is 236 g/mol. The summed E-state index contributed by atoms with van der Waals surface area (Å²) in [5.41, 5.74) is 1.07. The smallest absolute Gasteiger partial charge is 0.115 e. The quantitative estimate of drug-likeness (QED) is 0.706. The van der Waals surface area contributed by atoms with Crippen LogP contribution < -0.4 is 0 Å². The Morgan fingerprint density at radius 1 is 1.06 bits per heavy atom. The van der Waals surface area contributed by atoms with E-state index in [0.717, 1.165) is 18.4 Å². The van der Waals surface area contributed by atoms with Crippen LogP contribution in [0.15, 0.2) is 24.3 Å². The average molecular weight is 236 g/mol. The highest BCUT2D eigenvalue weighted by Crippen LogP contribution is 2.34. The van der Waals surface area contributed by atoms with Crippen LogP contribution in [0.3, 0.4) is 0 Å². The zero-order chi connectivity index (χ0) is 12.3. The van der Waals surface area contributed by atoms with Gasteiger partial charge < -0.3 is 15.3 Å². The second-order valence-electron chi connectivity index (χ2n) is 5.02. The maximum Gasteiger partial charge on any atom is 0.115 e. The molecule has 1 aliphatic rings. The number of aryl methyl sites for hydroxylation is 1. The number of aliphatic hydroxyl groups excluding tert-OH is 2. The Bertz CT molecular complexity index is 343. The Morgan fingerprint density at radius 3 is 2.29 bits per heavy atom. The van der Waals surface area contributed by atoms with E-state index in [1.165, 1.54) is 12.8 Å². The third kappa shape index (κ3) is 4.02. The second-order valence-corrected chi connectivity index (χ2v) is 5.02. The first-order valence-electron chi connectivity index (χ1n) is 6.29. The predicted octanol–water partition coefficient (Wildman–Crippen LogP) is 1.85. The highest BCUT2D eigenvalue weighted by atomic mass is 16.3. The largest absolute Gasteiger partial charge is 0.508 e. The summed E-state index contributed by atoms with van der Waals surface area (Å²) >= 11 is 0. The predicted molar refractivity (Wildman–Crippen MR) is 65.8 cm³/mol. The lowest BCUT2D eigenvalue weighted by Crippen LogP contribution is -2.26. The van der Waals surface area contributed by atoms with E-state index in [2.05, 4.69) is 0 Å². The lowest BCUT2D eigenvalue weighted by molar-refractivity contribution is 0.00700. The molecule has 94 valence electrons. The molecule has 3 N–H and O–H groups in total. The number of benzene rings is 1. The number of phenols is 1. The standard InChI is InChI=1S/C14H20O3/c15-12-6-3-10(4-7-12)5-8-13(16)14(17)9-11-1-2-11/h3-4,6-7,11,13-17H,1-2,5,8-9H2. The van der Waals surface area contributed by atoms with Crippen molar-refractivity contribution in [1.82, 2.24) is 0 Å². The first kappa shape index (κ1) is 12.4. The second kappa shape index (κ2) is 5.52. The van der Waals surface area contributed by atoms with Crippen LogP contribution in [0.2, 0.25) is 0 Å². The van der Waals surface area contributed by atoms with Crippen molar-refractivity contribution in [3.8, 4) is 5.75 Å². The third-order valence-electron chi connectivity index (χ3n) is 3.38. The fourth-order valence-corrected chi connectivity index (χ4v) is 2.02. The molecule has 3 heteroatoms. The number of hydrogen-bond donors (Lipinski definition) is 3. The van der Waals surface area contributed by atoms with Gasteiger partial charge in [-0.1, -0.05) is 25.0 Å². The van der Waals surface area contributed by atoms with Crippen LogP contribution in [-0.2, 0) is 6.42 Å². The maximum absolute atomic E-state index is 9.81. The van der Waals surface area contributed by atoms with Crippen LogP contribution in [-0.4, -0.2) is 27.5 Å². The van der Waals surface area contributed by atoms with Crippen LogP contribution in [0.4, 0.5) is 0 Å². The summed E-state index contributed by atoms with van der Waals surface area (Å²) in [7, 11) is 0. The van der Waals surface area contributed by atoms with Crippen LogP contribution in [0.5, 0.6) is 5.75 Å². The summed E-state index contributed by atoms with van der Waals surface area (Å²) < 4.78 is 0. The topological polar surface area (TPSA) is 60.7 Å². The highest BCUT2D eigenvalue weighted by molar-refractivity contribution is 5.25. The third-order valence-corrected chi connectivity index (χ3v) is 3.38. The molecule has 17 heavy (non-hydrogen) atoms. The number of rotatable bonds is 6. The fourth-order valence-electron chi connectivity index (χ4n) is 2.02. The summed E-state index contributed by atoms with van der Waals surface area (Å²) in [6.07, 6.45) is 3.20. The van der Waals surface area contributed by atoms with Crippen LogP contribution in [0.25, 0.3) is 0 Å². The molecule has 2 unspecified atom stereocenters. The molecule has 0 bridgehead atoms. The van der Waals surface area contributed by atoms with Crippen LogP contribution in [0.1, 0.15) is 31.2 Å². The zero-order valence-corrected chi connectivity index (χ0v) is 9.92. The van der Waals surface area contributed by atoms with Gasteiger partial charge in [-0.15, -0.1) is 0 Å². The van der Waals surface area contributed by atoms with Gasteiger partial charge in [0.05, 0.1) is 12.2 Å². The molecule has 3 nitrogen and oxygen atoms in total. The van der Waals surface area contributed by atoms with Gasteiger partial charge in [-0.2, -0.15) is 0 Å². The Labute approximate surface area is 102 Å². The van der Waals surface area contributed by atoms with Crippen molar-refractivity contribution in [2.75, 3.05) is 0 Å². The molecule has 0 heterocycles. The van der Waals surface area contributed by atoms with E-state index >= 15 is 0 Å². The fraction of sp³-hybridized carbons (Fsp3) is 0.571. The van der Waals surface area contributed by atoms with Crippen molar-refractivity contribution in [3.63, 3.8) is 0 Å². The summed E-state index contributed by atoms with van der Waals surface area (Å²) in [6, 6.07) is 6.97. The van der Waals surface area contributed by atoms with Crippen molar-refractivity contribution in [2.45, 2.75) is 44.3 Å². The van der Waals surface area contributed by atoms with Gasteiger partial charge in [-0.05, 0) is 42.9 Å². The maximum atomic E-state index is 9.81. The van der Waals surface area contributed by atoms with E-state index in [1.54, 1.807) is 12.1 Å². The minimum absolute atomic E-state index is 0.253. The summed E-state index contributed by atoms with van der Waals surface area (Å²) in [5.74, 6) is 0.886. The van der Waals surface area contributed by atoms with Crippen molar-refractivity contribution in [1.29, 1.82) is 0 Å². The first-order chi connectivity index (χ1) is 8.15. The van der Waals surface area contributed by atoms with E-state index < -0.39 is 12.2 Å². The minimum atomic E-state index is -0.635. The van der Waals surface area contributed by atoms with Gasteiger partial charge in [-0.3, -0.25) is 0 Å². The van der Waals surface area contributed by atoms with Gasteiger partial charge in [0.15, 0.2) is 0 Å². The molecule has 1 aliphatic carbocycles. The molecule has 1 fully saturated rings. The molecular weight excluding hydrogens is 216 g/mol. The van der Waals surface area contributed by atoms with E-state index in [9.17, 15) is 10.2 Å². The van der Waals surface area contributed by atoms with Gasteiger partial charge in [0.2, 0.25) is 0 Å². The molecule has 0 spiro atoms. The van der Waals surface area contributed by atoms with Gasteiger partial charge in [-0.25, -0.2) is 0 Å². The van der Waals surface area contributed by atoms with E-state index in [-0.39, 0.29) is 5.75 Å². The van der Waals surface area contributed by atoms with Crippen molar-refractivity contribution < 1.29 is 15.3 Å². The van der Waals surface area contributed by atoms with Crippen LogP contribution >= 0.6 is 0 Å². The van der Waals surface area contributed by atoms with E-state index in [4.69, 9.17) is 5.11 Å². The summed E-state index contributed by atoms with van der Waals surface area (Å²) in [6.45, 7) is 0. The van der Waals surface area contributed by atoms with Gasteiger partial charge in [0.1, 0.15) is 5.75 Å². The average Bonchev–Trinajstić information content (AvgIpc) is 3.11. The lowest BCUT2D eigenvalue weighted by Gasteiger charge is -2.17. The van der Waals surface area contributed by atoms with Gasteiger partial charge in [0, 0.05) is 0 Å². The Hall–Kier alpha value is -1.06. The Kier molecular flexibility index (Phi) is 4.02. The van der Waals surface area contributed by atoms with E-state index in [1.807, 2.05) is 12.1 Å². The normalized spacial score (nSPS) is 18.9. The molecule has 0 aromatic heterocycles. The SMILES string of the molecule is Oc1ccc(CCC(O)C(O)CC2CC2)cc1. The summed E-state index contributed by atoms with van der Waals surface area (Å²) in [5, 5.41) is 28.7. The Balaban J connectivity index is 1.74. The van der Waals surface area contributed by atoms with Gasteiger partial charge >= 0.3 is 0 Å². The van der Waals surface area contributed by atoms with Gasteiger partial charge in [0.25, 0.3) is 0 Å². The number of hydrogen-bond acceptors (Lipinski definition) is 3. The number of phenolic OH excluding ortho intramolecular Hbond substituents is 1. The zero-order valence-electron chi connectivity index (χ0n) is 9.92. The molecule has 0 saturated heterocycles. The molecule has 0 amide bonds. The molecule has 2 rings (SSSR count). The molecule has 0 radical (unpaired) electrons. The minimum Gasteiger partial charge on any atom is -0.508 e. The summed E-state index contributed by atoms with van der Waals surface area (Å²) in [4.78, 5) is 0. The molecule has 1 aromatic carbocycles.